The van der Waals surface area contributed by atoms with Gasteiger partial charge in [0, 0.05) is 19.4 Å². The second-order valence-corrected chi connectivity index (χ2v) is 3.61. The topological polar surface area (TPSA) is 47.0 Å². The number of aromatic nitrogens is 2. The smallest absolute Gasteiger partial charge is 0.221 e. The van der Waals surface area contributed by atoms with E-state index in [1.807, 2.05) is 20.8 Å². The summed E-state index contributed by atoms with van der Waals surface area (Å²) in [6.45, 7) is 7.31. The SMILES string of the molecule is C#CCCOc1nc(CC)nc(NCC)c1C. The quantitative estimate of drug-likeness (QED) is 0.604. The van der Waals surface area contributed by atoms with Crippen LogP contribution in [0.15, 0.2) is 0 Å². The van der Waals surface area contributed by atoms with Gasteiger partial charge in [-0.05, 0) is 13.8 Å². The van der Waals surface area contributed by atoms with Crippen LogP contribution in [0.4, 0.5) is 5.82 Å². The molecule has 0 unspecified atom stereocenters. The third-order valence-electron chi connectivity index (χ3n) is 2.29. The minimum atomic E-state index is 0.489. The first-order valence-corrected chi connectivity index (χ1v) is 5.90. The van der Waals surface area contributed by atoms with Crippen molar-refractivity contribution in [2.75, 3.05) is 18.5 Å². The van der Waals surface area contributed by atoms with Crippen LogP contribution in [-0.2, 0) is 6.42 Å². The summed E-state index contributed by atoms with van der Waals surface area (Å²) in [7, 11) is 0. The molecule has 0 spiro atoms. The Morgan fingerprint density at radius 3 is 2.71 bits per heavy atom. The zero-order chi connectivity index (χ0) is 12.7. The fourth-order valence-corrected chi connectivity index (χ4v) is 1.39. The predicted molar refractivity (Wildman–Crippen MR) is 69.3 cm³/mol. The molecule has 0 amide bonds. The summed E-state index contributed by atoms with van der Waals surface area (Å²) in [6, 6.07) is 0. The number of rotatable bonds is 6. The predicted octanol–water partition coefficient (Wildman–Crippen LogP) is 2.18. The molecule has 1 aromatic heterocycles. The van der Waals surface area contributed by atoms with E-state index in [-0.39, 0.29) is 0 Å². The van der Waals surface area contributed by atoms with Crippen LogP contribution in [0.5, 0.6) is 5.88 Å². The molecule has 0 radical (unpaired) electrons. The number of hydrogen-bond donors (Lipinski definition) is 1. The number of terminal acetylenes is 1. The first kappa shape index (κ1) is 13.3. The van der Waals surface area contributed by atoms with E-state index in [2.05, 4.69) is 21.2 Å². The Labute approximate surface area is 103 Å². The van der Waals surface area contributed by atoms with E-state index in [1.54, 1.807) is 0 Å². The van der Waals surface area contributed by atoms with Crippen LogP contribution in [0.1, 0.15) is 31.7 Å². The lowest BCUT2D eigenvalue weighted by atomic mass is 10.3. The van der Waals surface area contributed by atoms with Crippen LogP contribution in [0.3, 0.4) is 0 Å². The van der Waals surface area contributed by atoms with Gasteiger partial charge in [0.1, 0.15) is 18.2 Å². The van der Waals surface area contributed by atoms with E-state index in [1.165, 1.54) is 0 Å². The zero-order valence-electron chi connectivity index (χ0n) is 10.7. The third kappa shape index (κ3) is 3.63. The van der Waals surface area contributed by atoms with Crippen LogP contribution in [0.25, 0.3) is 0 Å². The highest BCUT2D eigenvalue weighted by molar-refractivity contribution is 5.48. The van der Waals surface area contributed by atoms with Gasteiger partial charge in [0.2, 0.25) is 5.88 Å². The number of nitrogens with zero attached hydrogens (tertiary/aromatic N) is 2. The van der Waals surface area contributed by atoms with E-state index in [0.29, 0.717) is 18.9 Å². The lowest BCUT2D eigenvalue weighted by molar-refractivity contribution is 0.310. The van der Waals surface area contributed by atoms with Crippen molar-refractivity contribution < 1.29 is 4.74 Å². The Hall–Kier alpha value is -1.76. The molecule has 0 aromatic carbocycles. The minimum Gasteiger partial charge on any atom is -0.476 e. The van der Waals surface area contributed by atoms with Gasteiger partial charge in [0.25, 0.3) is 0 Å². The van der Waals surface area contributed by atoms with Gasteiger partial charge in [-0.15, -0.1) is 12.3 Å². The molecule has 0 bridgehead atoms. The highest BCUT2D eigenvalue weighted by Crippen LogP contribution is 2.22. The van der Waals surface area contributed by atoms with Gasteiger partial charge >= 0.3 is 0 Å². The molecule has 0 aliphatic rings. The van der Waals surface area contributed by atoms with Crippen molar-refractivity contribution in [1.29, 1.82) is 0 Å². The Kier molecular flexibility index (Phi) is 5.28. The maximum absolute atomic E-state index is 5.57. The molecule has 4 heteroatoms. The fourth-order valence-electron chi connectivity index (χ4n) is 1.39. The highest BCUT2D eigenvalue weighted by atomic mass is 16.5. The molecule has 1 rings (SSSR count). The van der Waals surface area contributed by atoms with Gasteiger partial charge < -0.3 is 10.1 Å². The summed E-state index contributed by atoms with van der Waals surface area (Å²) in [5, 5.41) is 3.21. The average molecular weight is 233 g/mol. The fraction of sp³-hybridized carbons (Fsp3) is 0.538. The number of hydrogen-bond acceptors (Lipinski definition) is 4. The monoisotopic (exact) mass is 233 g/mol. The van der Waals surface area contributed by atoms with Crippen molar-refractivity contribution in [3.63, 3.8) is 0 Å². The Morgan fingerprint density at radius 2 is 2.12 bits per heavy atom. The summed E-state index contributed by atoms with van der Waals surface area (Å²) in [5.41, 5.74) is 0.932. The Balaban J connectivity index is 2.93. The van der Waals surface area contributed by atoms with Gasteiger partial charge in [-0.1, -0.05) is 6.92 Å². The van der Waals surface area contributed by atoms with E-state index in [9.17, 15) is 0 Å². The maximum Gasteiger partial charge on any atom is 0.221 e. The number of ether oxygens (including phenoxy) is 1. The maximum atomic E-state index is 5.57. The first-order chi connectivity index (χ1) is 8.22. The highest BCUT2D eigenvalue weighted by Gasteiger charge is 2.10. The summed E-state index contributed by atoms with van der Waals surface area (Å²) >= 11 is 0. The van der Waals surface area contributed by atoms with Crippen molar-refractivity contribution in [3.8, 4) is 18.2 Å². The molecule has 1 aromatic rings. The molecule has 0 saturated carbocycles. The van der Waals surface area contributed by atoms with Crippen LogP contribution < -0.4 is 10.1 Å². The number of anilines is 1. The number of nitrogens with one attached hydrogen (secondary N) is 1. The first-order valence-electron chi connectivity index (χ1n) is 5.90. The Morgan fingerprint density at radius 1 is 1.35 bits per heavy atom. The van der Waals surface area contributed by atoms with E-state index in [4.69, 9.17) is 11.2 Å². The van der Waals surface area contributed by atoms with E-state index in [0.717, 1.165) is 30.2 Å². The van der Waals surface area contributed by atoms with Gasteiger partial charge in [-0.2, -0.15) is 4.98 Å². The van der Waals surface area contributed by atoms with Crippen molar-refractivity contribution in [2.24, 2.45) is 0 Å². The van der Waals surface area contributed by atoms with Gasteiger partial charge in [0.15, 0.2) is 0 Å². The second-order valence-electron chi connectivity index (χ2n) is 3.61. The molecule has 0 aliphatic carbocycles. The Bertz CT molecular complexity index is 410. The second kappa shape index (κ2) is 6.74. The summed E-state index contributed by atoms with van der Waals surface area (Å²) in [4.78, 5) is 8.79. The molecule has 0 aliphatic heterocycles. The molecule has 0 fully saturated rings. The van der Waals surface area contributed by atoms with Gasteiger partial charge in [-0.25, -0.2) is 4.98 Å². The summed E-state index contributed by atoms with van der Waals surface area (Å²) in [5.74, 6) is 4.79. The number of aryl methyl sites for hydroxylation is 1. The lowest BCUT2D eigenvalue weighted by Crippen LogP contribution is -2.09. The standard InChI is InChI=1S/C13H19N3O/c1-5-8-9-17-13-10(4)12(14-7-3)15-11(6-2)16-13/h1H,6-9H2,2-4H3,(H,14,15,16). The molecular weight excluding hydrogens is 214 g/mol. The summed E-state index contributed by atoms with van der Waals surface area (Å²) < 4.78 is 5.57. The van der Waals surface area contributed by atoms with Crippen molar-refractivity contribution >= 4 is 5.82 Å². The largest absolute Gasteiger partial charge is 0.476 e. The zero-order valence-corrected chi connectivity index (χ0v) is 10.7. The van der Waals surface area contributed by atoms with Crippen LogP contribution in [-0.4, -0.2) is 23.1 Å². The van der Waals surface area contributed by atoms with Crippen LogP contribution in [0, 0.1) is 19.3 Å². The lowest BCUT2D eigenvalue weighted by Gasteiger charge is -2.12. The van der Waals surface area contributed by atoms with Crippen LogP contribution in [0.2, 0.25) is 0 Å². The third-order valence-corrected chi connectivity index (χ3v) is 2.29. The average Bonchev–Trinajstić information content (AvgIpc) is 2.34. The van der Waals surface area contributed by atoms with Crippen LogP contribution >= 0.6 is 0 Å². The molecule has 1 N–H and O–H groups in total. The normalized spacial score (nSPS) is 9.76. The molecule has 92 valence electrons. The van der Waals surface area contributed by atoms with Crippen molar-refractivity contribution in [1.82, 2.24) is 9.97 Å². The molecular formula is C13H19N3O. The molecule has 0 atom stereocenters. The molecule has 17 heavy (non-hydrogen) atoms. The van der Waals surface area contributed by atoms with Crippen molar-refractivity contribution in [3.05, 3.63) is 11.4 Å². The van der Waals surface area contributed by atoms with Crippen molar-refractivity contribution in [2.45, 2.75) is 33.6 Å². The molecule has 0 saturated heterocycles. The van der Waals surface area contributed by atoms with E-state index < -0.39 is 0 Å². The van der Waals surface area contributed by atoms with Gasteiger partial charge in [0.05, 0.1) is 5.56 Å². The molecule has 1 heterocycles. The summed E-state index contributed by atoms with van der Waals surface area (Å²) in [6.07, 6.45) is 6.56. The minimum absolute atomic E-state index is 0.489. The molecule has 4 nitrogen and oxygen atoms in total. The van der Waals surface area contributed by atoms with Gasteiger partial charge in [-0.3, -0.25) is 0 Å². The van der Waals surface area contributed by atoms with E-state index >= 15 is 0 Å².